The van der Waals surface area contributed by atoms with Crippen molar-refractivity contribution in [3.05, 3.63) is 47.9 Å². The Morgan fingerprint density at radius 2 is 2.10 bits per heavy atom. The molecule has 0 aliphatic carbocycles. The van der Waals surface area contributed by atoms with Gasteiger partial charge in [-0.1, -0.05) is 6.07 Å². The molecule has 5 heteroatoms. The minimum absolute atomic E-state index is 0.201. The summed E-state index contributed by atoms with van der Waals surface area (Å²) in [4.78, 5) is 4.51. The number of imidazole rings is 1. The highest BCUT2D eigenvalue weighted by atomic mass is 19.1. The number of methoxy groups -OCH3 is 1. The SMILES string of the molecule is COc1ccc(-c2nc3c(C)cccn3c2N)cc1F. The topological polar surface area (TPSA) is 52.5 Å². The van der Waals surface area contributed by atoms with Crippen LogP contribution in [0.15, 0.2) is 36.5 Å². The molecule has 0 unspecified atom stereocenters. The number of pyridine rings is 1. The fourth-order valence-electron chi connectivity index (χ4n) is 2.25. The van der Waals surface area contributed by atoms with Crippen LogP contribution < -0.4 is 10.5 Å². The highest BCUT2D eigenvalue weighted by molar-refractivity contribution is 5.76. The normalized spacial score (nSPS) is 10.9. The van der Waals surface area contributed by atoms with Crippen LogP contribution in [-0.4, -0.2) is 16.5 Å². The van der Waals surface area contributed by atoms with E-state index in [0.29, 0.717) is 17.1 Å². The van der Waals surface area contributed by atoms with Gasteiger partial charge in [-0.15, -0.1) is 0 Å². The molecule has 102 valence electrons. The van der Waals surface area contributed by atoms with Crippen molar-refractivity contribution in [1.29, 1.82) is 0 Å². The molecule has 4 nitrogen and oxygen atoms in total. The Balaban J connectivity index is 2.22. The van der Waals surface area contributed by atoms with Gasteiger partial charge in [0.2, 0.25) is 0 Å². The van der Waals surface area contributed by atoms with Crippen LogP contribution in [0.3, 0.4) is 0 Å². The zero-order valence-electron chi connectivity index (χ0n) is 11.2. The summed E-state index contributed by atoms with van der Waals surface area (Å²) in [7, 11) is 1.43. The number of hydrogen-bond acceptors (Lipinski definition) is 3. The third kappa shape index (κ3) is 1.79. The lowest BCUT2D eigenvalue weighted by molar-refractivity contribution is 0.386. The number of rotatable bonds is 2. The smallest absolute Gasteiger partial charge is 0.165 e. The van der Waals surface area contributed by atoms with Crippen molar-refractivity contribution in [3.8, 4) is 17.0 Å². The van der Waals surface area contributed by atoms with Crippen LogP contribution in [0.25, 0.3) is 16.9 Å². The molecule has 0 radical (unpaired) electrons. The molecule has 0 fully saturated rings. The van der Waals surface area contributed by atoms with Crippen LogP contribution in [0.1, 0.15) is 5.56 Å². The lowest BCUT2D eigenvalue weighted by atomic mass is 10.1. The second kappa shape index (κ2) is 4.52. The highest BCUT2D eigenvalue weighted by Gasteiger charge is 2.14. The second-order valence-electron chi connectivity index (χ2n) is 4.58. The average Bonchev–Trinajstić information content (AvgIpc) is 2.78. The van der Waals surface area contributed by atoms with E-state index in [0.717, 1.165) is 11.2 Å². The van der Waals surface area contributed by atoms with Crippen molar-refractivity contribution in [2.24, 2.45) is 0 Å². The zero-order chi connectivity index (χ0) is 14.3. The Labute approximate surface area is 115 Å². The number of anilines is 1. The molecule has 0 bridgehead atoms. The Hall–Kier alpha value is -2.56. The molecule has 0 aliphatic heterocycles. The van der Waals surface area contributed by atoms with Gasteiger partial charge in [-0.25, -0.2) is 9.37 Å². The molecule has 3 rings (SSSR count). The molecule has 0 amide bonds. The lowest BCUT2D eigenvalue weighted by Crippen LogP contribution is -1.95. The second-order valence-corrected chi connectivity index (χ2v) is 4.58. The van der Waals surface area contributed by atoms with E-state index in [1.54, 1.807) is 16.5 Å². The summed E-state index contributed by atoms with van der Waals surface area (Å²) < 4.78 is 20.5. The van der Waals surface area contributed by atoms with Gasteiger partial charge in [-0.05, 0) is 36.8 Å². The largest absolute Gasteiger partial charge is 0.494 e. The molecule has 20 heavy (non-hydrogen) atoms. The summed E-state index contributed by atoms with van der Waals surface area (Å²) in [6, 6.07) is 8.56. The monoisotopic (exact) mass is 271 g/mol. The fourth-order valence-corrected chi connectivity index (χ4v) is 2.25. The van der Waals surface area contributed by atoms with Gasteiger partial charge in [0.05, 0.1) is 7.11 Å². The maximum Gasteiger partial charge on any atom is 0.165 e. The molecule has 0 aliphatic rings. The first-order chi connectivity index (χ1) is 9.61. The number of nitrogen functional groups attached to an aromatic ring is 1. The number of hydrogen-bond donors (Lipinski definition) is 1. The maximum atomic E-state index is 13.8. The van der Waals surface area contributed by atoms with Crippen LogP contribution in [0.2, 0.25) is 0 Å². The number of halogens is 1. The van der Waals surface area contributed by atoms with Gasteiger partial charge < -0.3 is 10.5 Å². The van der Waals surface area contributed by atoms with Gasteiger partial charge in [0.15, 0.2) is 11.6 Å². The van der Waals surface area contributed by atoms with E-state index in [4.69, 9.17) is 10.5 Å². The third-order valence-corrected chi connectivity index (χ3v) is 3.31. The first-order valence-electron chi connectivity index (χ1n) is 6.19. The number of benzene rings is 1. The molecule has 0 saturated carbocycles. The van der Waals surface area contributed by atoms with E-state index in [9.17, 15) is 4.39 Å². The van der Waals surface area contributed by atoms with Crippen LogP contribution in [-0.2, 0) is 0 Å². The molecule has 3 aromatic rings. The van der Waals surface area contributed by atoms with Gasteiger partial charge in [-0.3, -0.25) is 4.40 Å². The van der Waals surface area contributed by atoms with E-state index >= 15 is 0 Å². The van der Waals surface area contributed by atoms with Crippen molar-refractivity contribution in [2.75, 3.05) is 12.8 Å². The zero-order valence-corrected chi connectivity index (χ0v) is 11.2. The Bertz CT molecular complexity index is 795. The first kappa shape index (κ1) is 12.5. The quantitative estimate of drug-likeness (QED) is 0.779. The molecule has 1 aromatic carbocycles. The van der Waals surface area contributed by atoms with Crippen molar-refractivity contribution >= 4 is 11.5 Å². The molecular weight excluding hydrogens is 257 g/mol. The molecule has 2 aromatic heterocycles. The predicted molar refractivity (Wildman–Crippen MR) is 76.3 cm³/mol. The van der Waals surface area contributed by atoms with E-state index < -0.39 is 5.82 Å². The molecule has 0 spiro atoms. The van der Waals surface area contributed by atoms with E-state index in [2.05, 4.69) is 4.98 Å². The summed E-state index contributed by atoms with van der Waals surface area (Å²) in [5.74, 6) is 0.263. The van der Waals surface area contributed by atoms with Crippen LogP contribution >= 0.6 is 0 Å². The minimum Gasteiger partial charge on any atom is -0.494 e. The van der Waals surface area contributed by atoms with Gasteiger partial charge in [0.1, 0.15) is 17.2 Å². The summed E-state index contributed by atoms with van der Waals surface area (Å²) >= 11 is 0. The number of ether oxygens (including phenoxy) is 1. The summed E-state index contributed by atoms with van der Waals surface area (Å²) in [6.07, 6.45) is 1.84. The Morgan fingerprint density at radius 3 is 2.75 bits per heavy atom. The van der Waals surface area contributed by atoms with E-state index in [-0.39, 0.29) is 5.75 Å². The number of nitrogens with zero attached hydrogens (tertiary/aromatic N) is 2. The number of fused-ring (bicyclic) bond motifs is 1. The minimum atomic E-state index is -0.432. The predicted octanol–water partition coefficient (Wildman–Crippen LogP) is 3.04. The molecule has 0 saturated heterocycles. The van der Waals surface area contributed by atoms with Crippen LogP contribution in [0, 0.1) is 12.7 Å². The average molecular weight is 271 g/mol. The first-order valence-corrected chi connectivity index (χ1v) is 6.19. The molecule has 2 N–H and O–H groups in total. The highest BCUT2D eigenvalue weighted by Crippen LogP contribution is 2.30. The fraction of sp³-hybridized carbons (Fsp3) is 0.133. The summed E-state index contributed by atoms with van der Waals surface area (Å²) in [5.41, 5.74) is 9.09. The number of aryl methyl sites for hydroxylation is 1. The van der Waals surface area contributed by atoms with Crippen LogP contribution in [0.5, 0.6) is 5.75 Å². The van der Waals surface area contributed by atoms with Crippen molar-refractivity contribution < 1.29 is 9.13 Å². The summed E-state index contributed by atoms with van der Waals surface area (Å²) in [5, 5.41) is 0. The number of nitrogens with two attached hydrogens (primary N) is 1. The van der Waals surface area contributed by atoms with Gasteiger partial charge >= 0.3 is 0 Å². The maximum absolute atomic E-state index is 13.8. The van der Waals surface area contributed by atoms with Gasteiger partial charge in [0.25, 0.3) is 0 Å². The lowest BCUT2D eigenvalue weighted by Gasteiger charge is -2.04. The molecular formula is C15H14FN3O. The Kier molecular flexibility index (Phi) is 2.82. The summed E-state index contributed by atoms with van der Waals surface area (Å²) in [6.45, 7) is 1.96. The van der Waals surface area contributed by atoms with Crippen molar-refractivity contribution in [2.45, 2.75) is 6.92 Å². The molecule has 2 heterocycles. The Morgan fingerprint density at radius 1 is 1.30 bits per heavy atom. The van der Waals surface area contributed by atoms with E-state index in [1.807, 2.05) is 25.3 Å². The van der Waals surface area contributed by atoms with Crippen molar-refractivity contribution in [1.82, 2.24) is 9.38 Å². The third-order valence-electron chi connectivity index (χ3n) is 3.31. The standard InChI is InChI=1S/C15H14FN3O/c1-9-4-3-7-19-14(17)13(18-15(9)19)10-5-6-12(20-2)11(16)8-10/h3-8H,17H2,1-2H3. The number of aromatic nitrogens is 2. The van der Waals surface area contributed by atoms with Gasteiger partial charge in [0, 0.05) is 11.8 Å². The van der Waals surface area contributed by atoms with Crippen molar-refractivity contribution in [3.63, 3.8) is 0 Å². The molecule has 0 atom stereocenters. The van der Waals surface area contributed by atoms with E-state index in [1.165, 1.54) is 13.2 Å². The van der Waals surface area contributed by atoms with Crippen LogP contribution in [0.4, 0.5) is 10.2 Å². The van der Waals surface area contributed by atoms with Gasteiger partial charge in [-0.2, -0.15) is 0 Å².